The van der Waals surface area contributed by atoms with Crippen molar-refractivity contribution in [1.82, 2.24) is 15.4 Å². The van der Waals surface area contributed by atoms with Crippen molar-refractivity contribution in [2.24, 2.45) is 0 Å². The lowest BCUT2D eigenvalue weighted by atomic mass is 10.1. The largest absolute Gasteiger partial charge is 0.497 e. The topological polar surface area (TPSA) is 97.5 Å². The third-order valence-electron chi connectivity index (χ3n) is 4.63. The second-order valence-electron chi connectivity index (χ2n) is 6.70. The van der Waals surface area contributed by atoms with Gasteiger partial charge in [-0.25, -0.2) is 10.5 Å². The van der Waals surface area contributed by atoms with Crippen LogP contribution in [0.2, 0.25) is 0 Å². The minimum Gasteiger partial charge on any atom is -0.497 e. The molecule has 0 fully saturated rings. The Labute approximate surface area is 169 Å². The SMILES string of the molecule is COc1ccc(-c2nc(CCCCCCC(=O)NO)oc2-c2cccnc2)cc1. The first-order valence-corrected chi connectivity index (χ1v) is 9.68. The molecule has 3 rings (SSSR count). The summed E-state index contributed by atoms with van der Waals surface area (Å²) in [4.78, 5) is 19.9. The zero-order valence-electron chi connectivity index (χ0n) is 16.4. The van der Waals surface area contributed by atoms with E-state index >= 15 is 0 Å². The van der Waals surface area contributed by atoms with E-state index in [2.05, 4.69) is 4.98 Å². The molecular formula is C22H25N3O4. The van der Waals surface area contributed by atoms with Gasteiger partial charge in [-0.05, 0) is 49.2 Å². The molecule has 1 aromatic carbocycles. The highest BCUT2D eigenvalue weighted by Gasteiger charge is 2.17. The van der Waals surface area contributed by atoms with Crippen molar-refractivity contribution >= 4 is 5.91 Å². The Balaban J connectivity index is 1.70. The Bertz CT molecular complexity index is 908. The summed E-state index contributed by atoms with van der Waals surface area (Å²) in [6.45, 7) is 0. The molecule has 0 spiro atoms. The van der Waals surface area contributed by atoms with Gasteiger partial charge in [-0.3, -0.25) is 15.0 Å². The zero-order valence-corrected chi connectivity index (χ0v) is 16.4. The second-order valence-corrected chi connectivity index (χ2v) is 6.70. The van der Waals surface area contributed by atoms with Crippen LogP contribution in [-0.4, -0.2) is 28.2 Å². The number of ether oxygens (including phenoxy) is 1. The second kappa shape index (κ2) is 10.4. The van der Waals surface area contributed by atoms with Crippen LogP contribution >= 0.6 is 0 Å². The fourth-order valence-corrected chi connectivity index (χ4v) is 3.08. The van der Waals surface area contributed by atoms with E-state index in [9.17, 15) is 4.79 Å². The molecule has 1 amide bonds. The molecular weight excluding hydrogens is 370 g/mol. The molecule has 152 valence electrons. The number of hydrogen-bond acceptors (Lipinski definition) is 6. The molecule has 0 saturated carbocycles. The van der Waals surface area contributed by atoms with Crippen molar-refractivity contribution < 1.29 is 19.2 Å². The molecule has 7 nitrogen and oxygen atoms in total. The van der Waals surface area contributed by atoms with Crippen LogP contribution in [-0.2, 0) is 11.2 Å². The number of hydroxylamine groups is 1. The van der Waals surface area contributed by atoms with Gasteiger partial charge in [0.05, 0.1) is 7.11 Å². The number of benzene rings is 1. The molecule has 0 bridgehead atoms. The van der Waals surface area contributed by atoms with Gasteiger partial charge in [0, 0.05) is 36.4 Å². The van der Waals surface area contributed by atoms with E-state index in [0.29, 0.717) is 18.1 Å². The van der Waals surface area contributed by atoms with E-state index in [0.717, 1.165) is 54.7 Å². The minimum absolute atomic E-state index is 0.336. The minimum atomic E-state index is -0.344. The summed E-state index contributed by atoms with van der Waals surface area (Å²) < 4.78 is 11.3. The van der Waals surface area contributed by atoms with E-state index in [4.69, 9.17) is 19.3 Å². The molecule has 0 saturated heterocycles. The molecule has 0 radical (unpaired) electrons. The van der Waals surface area contributed by atoms with Crippen molar-refractivity contribution in [3.63, 3.8) is 0 Å². The Hall–Kier alpha value is -3.19. The average molecular weight is 395 g/mol. The lowest BCUT2D eigenvalue weighted by molar-refractivity contribution is -0.129. The summed E-state index contributed by atoms with van der Waals surface area (Å²) >= 11 is 0. The number of aryl methyl sites for hydroxylation is 1. The normalized spacial score (nSPS) is 10.7. The van der Waals surface area contributed by atoms with Crippen molar-refractivity contribution in [1.29, 1.82) is 0 Å². The number of methoxy groups -OCH3 is 1. The number of hydrogen-bond donors (Lipinski definition) is 2. The van der Waals surface area contributed by atoms with Crippen molar-refractivity contribution in [3.8, 4) is 28.3 Å². The number of nitrogens with zero attached hydrogens (tertiary/aromatic N) is 2. The summed E-state index contributed by atoms with van der Waals surface area (Å²) in [5, 5.41) is 8.50. The zero-order chi connectivity index (χ0) is 20.5. The highest BCUT2D eigenvalue weighted by atomic mass is 16.5. The monoisotopic (exact) mass is 395 g/mol. The summed E-state index contributed by atoms with van der Waals surface area (Å²) in [6.07, 6.45) is 8.08. The van der Waals surface area contributed by atoms with Gasteiger partial charge in [0.1, 0.15) is 11.4 Å². The number of pyridine rings is 1. The van der Waals surface area contributed by atoms with Crippen LogP contribution in [0.1, 0.15) is 38.0 Å². The van der Waals surface area contributed by atoms with Gasteiger partial charge in [0.15, 0.2) is 11.7 Å². The summed E-state index contributed by atoms with van der Waals surface area (Å²) in [7, 11) is 1.64. The van der Waals surface area contributed by atoms with E-state index in [1.807, 2.05) is 36.4 Å². The molecule has 29 heavy (non-hydrogen) atoms. The number of carbonyl (C=O) groups excluding carboxylic acids is 1. The van der Waals surface area contributed by atoms with Crippen molar-refractivity contribution in [2.75, 3.05) is 7.11 Å². The fourth-order valence-electron chi connectivity index (χ4n) is 3.08. The van der Waals surface area contributed by atoms with Gasteiger partial charge >= 0.3 is 0 Å². The molecule has 0 atom stereocenters. The fraction of sp³-hybridized carbons (Fsp3) is 0.318. The van der Waals surface area contributed by atoms with Crippen LogP contribution < -0.4 is 10.2 Å². The van der Waals surface area contributed by atoms with Gasteiger partial charge in [0.25, 0.3) is 0 Å². The van der Waals surface area contributed by atoms with Crippen LogP contribution in [0.5, 0.6) is 5.75 Å². The molecule has 7 heteroatoms. The van der Waals surface area contributed by atoms with Crippen molar-refractivity contribution in [2.45, 2.75) is 38.5 Å². The first-order chi connectivity index (χ1) is 14.2. The van der Waals surface area contributed by atoms with E-state index in [1.165, 1.54) is 0 Å². The molecule has 0 aliphatic heterocycles. The molecule has 2 N–H and O–H groups in total. The van der Waals surface area contributed by atoms with Crippen LogP contribution in [0.4, 0.5) is 0 Å². The summed E-state index contributed by atoms with van der Waals surface area (Å²) in [5.74, 6) is 1.83. The van der Waals surface area contributed by atoms with E-state index in [-0.39, 0.29) is 5.91 Å². The Morgan fingerprint density at radius 3 is 2.59 bits per heavy atom. The van der Waals surface area contributed by atoms with Crippen LogP contribution in [0, 0.1) is 0 Å². The quantitative estimate of drug-likeness (QED) is 0.300. The summed E-state index contributed by atoms with van der Waals surface area (Å²) in [5.41, 5.74) is 4.27. The first-order valence-electron chi connectivity index (χ1n) is 9.68. The van der Waals surface area contributed by atoms with Crippen LogP contribution in [0.15, 0.2) is 53.2 Å². The van der Waals surface area contributed by atoms with E-state index in [1.54, 1.807) is 25.0 Å². The Kier molecular flexibility index (Phi) is 7.35. The maximum absolute atomic E-state index is 11.0. The number of rotatable bonds is 10. The summed E-state index contributed by atoms with van der Waals surface area (Å²) in [6, 6.07) is 11.6. The lowest BCUT2D eigenvalue weighted by Gasteiger charge is -2.03. The number of carbonyl (C=O) groups is 1. The molecule has 3 aromatic rings. The maximum Gasteiger partial charge on any atom is 0.243 e. The third-order valence-corrected chi connectivity index (χ3v) is 4.63. The lowest BCUT2D eigenvalue weighted by Crippen LogP contribution is -2.17. The molecule has 0 unspecified atom stereocenters. The predicted octanol–water partition coefficient (Wildman–Crippen LogP) is 4.41. The average Bonchev–Trinajstić information content (AvgIpc) is 3.20. The highest BCUT2D eigenvalue weighted by Crippen LogP contribution is 2.33. The highest BCUT2D eigenvalue weighted by molar-refractivity contribution is 5.76. The molecule has 0 aliphatic carbocycles. The number of oxazole rings is 1. The van der Waals surface area contributed by atoms with Gasteiger partial charge in [-0.15, -0.1) is 0 Å². The number of aromatic nitrogens is 2. The number of unbranched alkanes of at least 4 members (excludes halogenated alkanes) is 3. The molecule has 2 heterocycles. The smallest absolute Gasteiger partial charge is 0.243 e. The third kappa shape index (κ3) is 5.65. The van der Waals surface area contributed by atoms with E-state index < -0.39 is 0 Å². The standard InChI is InChI=1S/C22H25N3O4/c1-28-18-12-10-16(11-13-18)21-22(17-7-6-14-23-15-17)29-20(24-21)9-5-3-2-4-8-19(26)25-27/h6-7,10-15,27H,2-5,8-9H2,1H3,(H,25,26). The first kappa shape index (κ1) is 20.5. The molecule has 2 aromatic heterocycles. The van der Waals surface area contributed by atoms with Gasteiger partial charge < -0.3 is 9.15 Å². The Morgan fingerprint density at radius 1 is 1.10 bits per heavy atom. The van der Waals surface area contributed by atoms with Crippen LogP contribution in [0.3, 0.4) is 0 Å². The van der Waals surface area contributed by atoms with Crippen LogP contribution in [0.25, 0.3) is 22.6 Å². The number of nitrogens with one attached hydrogen (secondary N) is 1. The maximum atomic E-state index is 11.0. The molecule has 0 aliphatic rings. The van der Waals surface area contributed by atoms with Gasteiger partial charge in [-0.1, -0.05) is 12.8 Å². The van der Waals surface area contributed by atoms with Gasteiger partial charge in [0.2, 0.25) is 5.91 Å². The van der Waals surface area contributed by atoms with Gasteiger partial charge in [-0.2, -0.15) is 0 Å². The predicted molar refractivity (Wildman–Crippen MR) is 108 cm³/mol. The van der Waals surface area contributed by atoms with Crippen molar-refractivity contribution in [3.05, 3.63) is 54.7 Å². The number of amides is 1. The Morgan fingerprint density at radius 2 is 1.90 bits per heavy atom.